The van der Waals surface area contributed by atoms with Crippen LogP contribution in [0.5, 0.6) is 0 Å². The molecule has 33 heavy (non-hydrogen) atoms. The molecular weight excluding hydrogens is 437 g/mol. The topological polar surface area (TPSA) is 66.9 Å². The molecule has 0 aromatic heterocycles. The van der Waals surface area contributed by atoms with Gasteiger partial charge in [0.1, 0.15) is 23.0 Å². The van der Waals surface area contributed by atoms with Gasteiger partial charge >= 0.3 is 5.97 Å². The minimum atomic E-state index is -0.962. The van der Waals surface area contributed by atoms with Crippen LogP contribution in [0.1, 0.15) is 41.6 Å². The van der Waals surface area contributed by atoms with E-state index in [0.29, 0.717) is 37.2 Å². The first-order valence-electron chi connectivity index (χ1n) is 10.7. The van der Waals surface area contributed by atoms with Gasteiger partial charge in [-0.15, -0.1) is 0 Å². The van der Waals surface area contributed by atoms with Crippen molar-refractivity contribution < 1.29 is 32.3 Å². The number of hydrogen-bond acceptors (Lipinski definition) is 4. The fraction of sp³-hybridized carbons (Fsp3) is 0.375. The van der Waals surface area contributed by atoms with Gasteiger partial charge in [-0.25, -0.2) is 13.2 Å². The predicted molar refractivity (Wildman–Crippen MR) is 113 cm³/mol. The quantitative estimate of drug-likeness (QED) is 0.655. The number of carbonyl (C=O) groups is 3. The van der Waals surface area contributed by atoms with Crippen molar-refractivity contribution in [2.24, 2.45) is 0 Å². The molecule has 6 nitrogen and oxygen atoms in total. The molecule has 0 unspecified atom stereocenters. The molecular formula is C24H23F3N2O4. The number of fused-ring (bicyclic) bond motifs is 2. The molecule has 9 heteroatoms. The van der Waals surface area contributed by atoms with E-state index >= 15 is 0 Å². The number of halogens is 3. The zero-order valence-corrected chi connectivity index (χ0v) is 18.1. The van der Waals surface area contributed by atoms with Crippen LogP contribution in [0.4, 0.5) is 18.9 Å². The van der Waals surface area contributed by atoms with E-state index in [9.17, 15) is 27.6 Å². The Labute approximate surface area is 188 Å². The van der Waals surface area contributed by atoms with Crippen LogP contribution in [0.3, 0.4) is 0 Å². The van der Waals surface area contributed by atoms with Crippen molar-refractivity contribution in [3.63, 3.8) is 0 Å². The molecule has 4 rings (SSSR count). The van der Waals surface area contributed by atoms with E-state index in [1.807, 2.05) is 0 Å². The molecule has 1 fully saturated rings. The van der Waals surface area contributed by atoms with Crippen LogP contribution >= 0.6 is 0 Å². The molecule has 2 heterocycles. The van der Waals surface area contributed by atoms with E-state index in [1.54, 1.807) is 4.90 Å². The number of amides is 2. The van der Waals surface area contributed by atoms with Crippen LogP contribution in [0.25, 0.3) is 0 Å². The zero-order chi connectivity index (χ0) is 23.8. The highest BCUT2D eigenvalue weighted by Crippen LogP contribution is 2.48. The minimum Gasteiger partial charge on any atom is -0.469 e. The van der Waals surface area contributed by atoms with Crippen LogP contribution in [0.2, 0.25) is 0 Å². The molecule has 1 saturated heterocycles. The zero-order valence-electron chi connectivity index (χ0n) is 18.1. The van der Waals surface area contributed by atoms with Gasteiger partial charge in [-0.1, -0.05) is 6.07 Å². The summed E-state index contributed by atoms with van der Waals surface area (Å²) in [6, 6.07) is 7.24. The van der Waals surface area contributed by atoms with Crippen molar-refractivity contribution in [2.45, 2.75) is 31.1 Å². The molecule has 2 aromatic carbocycles. The molecule has 2 aliphatic heterocycles. The molecule has 2 aromatic rings. The van der Waals surface area contributed by atoms with Crippen LogP contribution < -0.4 is 4.90 Å². The standard InChI is InChI=1S/C24H23F3N2O4/c1-33-21(31)8-7-20(30)28-11-9-24(10-12-28)14-29(19-6-5-15(25)13-16(19)24)23(32)22-17(26)3-2-4-18(22)27/h2-6,13H,7-12,14H2,1H3. The minimum absolute atomic E-state index is 0.0124. The second-order valence-corrected chi connectivity index (χ2v) is 8.39. The largest absolute Gasteiger partial charge is 0.469 e. The Balaban J connectivity index is 1.58. The summed E-state index contributed by atoms with van der Waals surface area (Å²) in [4.78, 5) is 39.9. The number of esters is 1. The number of ether oxygens (including phenoxy) is 1. The molecule has 1 spiro atoms. The maximum Gasteiger partial charge on any atom is 0.306 e. The second kappa shape index (κ2) is 8.88. The van der Waals surface area contributed by atoms with Gasteiger partial charge in [-0.3, -0.25) is 14.4 Å². The average Bonchev–Trinajstić information content (AvgIpc) is 3.10. The Morgan fingerprint density at radius 3 is 2.30 bits per heavy atom. The third-order valence-electron chi connectivity index (χ3n) is 6.55. The molecule has 2 aliphatic rings. The SMILES string of the molecule is COC(=O)CCC(=O)N1CCC2(CC1)CN(C(=O)c1c(F)cccc1F)c1ccc(F)cc12. The van der Waals surface area contributed by atoms with E-state index in [0.717, 1.165) is 12.1 Å². The number of rotatable bonds is 4. The summed E-state index contributed by atoms with van der Waals surface area (Å²) in [7, 11) is 1.26. The fourth-order valence-electron chi connectivity index (χ4n) is 4.74. The van der Waals surface area contributed by atoms with E-state index in [4.69, 9.17) is 0 Å². The lowest BCUT2D eigenvalue weighted by molar-refractivity contribution is -0.144. The van der Waals surface area contributed by atoms with Crippen LogP contribution in [0, 0.1) is 17.5 Å². The van der Waals surface area contributed by atoms with Crippen LogP contribution in [-0.2, 0) is 19.7 Å². The Kier molecular flexibility index (Phi) is 6.14. The van der Waals surface area contributed by atoms with Crippen molar-refractivity contribution in [2.75, 3.05) is 31.6 Å². The first kappa shape index (κ1) is 22.8. The molecule has 0 atom stereocenters. The van der Waals surface area contributed by atoms with E-state index in [2.05, 4.69) is 4.74 Å². The Bertz CT molecular complexity index is 1090. The van der Waals surface area contributed by atoms with Gasteiger partial charge in [0, 0.05) is 37.2 Å². The summed E-state index contributed by atoms with van der Waals surface area (Å²) in [6.07, 6.45) is 0.900. The maximum atomic E-state index is 14.3. The van der Waals surface area contributed by atoms with Crippen LogP contribution in [0.15, 0.2) is 36.4 Å². The predicted octanol–water partition coefficient (Wildman–Crippen LogP) is 3.58. The molecule has 174 valence electrons. The monoisotopic (exact) mass is 460 g/mol. The van der Waals surface area contributed by atoms with Crippen molar-refractivity contribution in [3.05, 3.63) is 65.0 Å². The first-order chi connectivity index (χ1) is 15.8. The summed E-state index contributed by atoms with van der Waals surface area (Å²) in [5.41, 5.74) is -0.294. The highest BCUT2D eigenvalue weighted by Gasteiger charge is 2.47. The van der Waals surface area contributed by atoms with Gasteiger partial charge in [0.05, 0.1) is 13.5 Å². The number of hydrogen-bond donors (Lipinski definition) is 0. The summed E-state index contributed by atoms with van der Waals surface area (Å²) in [5, 5.41) is 0. The summed E-state index contributed by atoms with van der Waals surface area (Å²) in [5.74, 6) is -3.88. The molecule has 0 saturated carbocycles. The van der Waals surface area contributed by atoms with Gasteiger partial charge in [0.15, 0.2) is 0 Å². The Morgan fingerprint density at radius 2 is 1.67 bits per heavy atom. The smallest absolute Gasteiger partial charge is 0.306 e. The first-order valence-corrected chi connectivity index (χ1v) is 10.7. The fourth-order valence-corrected chi connectivity index (χ4v) is 4.74. The van der Waals surface area contributed by atoms with E-state index in [-0.39, 0.29) is 25.3 Å². The summed E-state index contributed by atoms with van der Waals surface area (Å²) >= 11 is 0. The van der Waals surface area contributed by atoms with E-state index < -0.39 is 40.3 Å². The van der Waals surface area contributed by atoms with Gasteiger partial charge < -0.3 is 14.5 Å². The third kappa shape index (κ3) is 4.19. The third-order valence-corrected chi connectivity index (χ3v) is 6.55. The number of likely N-dealkylation sites (tertiary alicyclic amines) is 1. The van der Waals surface area contributed by atoms with Crippen molar-refractivity contribution in [1.82, 2.24) is 4.90 Å². The number of anilines is 1. The van der Waals surface area contributed by atoms with Gasteiger partial charge in [0.2, 0.25) is 5.91 Å². The summed E-state index contributed by atoms with van der Waals surface area (Å²) in [6.45, 7) is 0.834. The number of carbonyl (C=O) groups excluding carboxylic acids is 3. The number of piperidine rings is 1. The normalized spacial score (nSPS) is 16.6. The highest BCUT2D eigenvalue weighted by atomic mass is 19.1. The molecule has 0 bridgehead atoms. The Hall–Kier alpha value is -3.36. The molecule has 0 N–H and O–H groups in total. The van der Waals surface area contributed by atoms with Crippen LogP contribution in [-0.4, -0.2) is 49.4 Å². The number of methoxy groups -OCH3 is 1. The van der Waals surface area contributed by atoms with Gasteiger partial charge in [0.25, 0.3) is 5.91 Å². The van der Waals surface area contributed by atoms with E-state index in [1.165, 1.54) is 36.3 Å². The van der Waals surface area contributed by atoms with Crippen molar-refractivity contribution >= 4 is 23.5 Å². The second-order valence-electron chi connectivity index (χ2n) is 8.39. The Morgan fingerprint density at radius 1 is 1.00 bits per heavy atom. The molecule has 0 aliphatic carbocycles. The van der Waals surface area contributed by atoms with Crippen molar-refractivity contribution in [3.8, 4) is 0 Å². The maximum absolute atomic E-state index is 14.3. The number of benzene rings is 2. The lowest BCUT2D eigenvalue weighted by atomic mass is 9.74. The highest BCUT2D eigenvalue weighted by molar-refractivity contribution is 6.08. The summed E-state index contributed by atoms with van der Waals surface area (Å²) < 4.78 is 47.3. The lowest BCUT2D eigenvalue weighted by Crippen LogP contribution is -2.48. The molecule has 0 radical (unpaired) electrons. The molecule has 2 amide bonds. The van der Waals surface area contributed by atoms with Crippen molar-refractivity contribution in [1.29, 1.82) is 0 Å². The van der Waals surface area contributed by atoms with Gasteiger partial charge in [-0.2, -0.15) is 0 Å². The average molecular weight is 460 g/mol. The number of nitrogens with zero attached hydrogens (tertiary/aromatic N) is 2. The van der Waals surface area contributed by atoms with Gasteiger partial charge in [-0.05, 0) is 48.7 Å². The lowest BCUT2D eigenvalue weighted by Gasteiger charge is -2.40.